The molecule has 0 aliphatic carbocycles. The molecule has 0 amide bonds. The minimum atomic E-state index is -0.850. The molecular weight excluding hydrogens is 480 g/mol. The van der Waals surface area contributed by atoms with Gasteiger partial charge >= 0.3 is 11.9 Å². The van der Waals surface area contributed by atoms with Crippen molar-refractivity contribution in [2.45, 2.75) is 25.0 Å². The van der Waals surface area contributed by atoms with E-state index in [1.807, 2.05) is 23.6 Å². The molecule has 3 heterocycles. The zero-order chi connectivity index (χ0) is 24.1. The highest BCUT2D eigenvalue weighted by atomic mass is 35.5. The van der Waals surface area contributed by atoms with E-state index in [0.717, 1.165) is 0 Å². The summed E-state index contributed by atoms with van der Waals surface area (Å²) in [4.78, 5) is 35.3. The first kappa shape index (κ1) is 24.3. The Balaban J connectivity index is 1.69. The molecule has 0 spiro atoms. The number of carbonyl (C=O) groups excluding carboxylic acids is 1. The average Bonchev–Trinajstić information content (AvgIpc) is 3.37. The van der Waals surface area contributed by atoms with E-state index in [1.54, 1.807) is 12.3 Å². The summed E-state index contributed by atoms with van der Waals surface area (Å²) in [6, 6.07) is 6.62. The summed E-state index contributed by atoms with van der Waals surface area (Å²) in [5.74, 6) is -0.791. The van der Waals surface area contributed by atoms with E-state index in [1.165, 1.54) is 18.4 Å². The molecule has 2 unspecified atom stereocenters. The average molecular weight is 505 g/mol. The maximum absolute atomic E-state index is 13.0. The van der Waals surface area contributed by atoms with Crippen molar-refractivity contribution in [2.24, 2.45) is 4.99 Å². The molecule has 1 aromatic heterocycles. The maximum Gasteiger partial charge on any atom is 0.338 e. The van der Waals surface area contributed by atoms with Gasteiger partial charge in [-0.25, -0.2) is 9.78 Å². The molecule has 0 radical (unpaired) electrons. The third kappa shape index (κ3) is 5.64. The zero-order valence-electron chi connectivity index (χ0n) is 18.6. The Labute approximate surface area is 206 Å². The number of hydrogen-bond donors (Lipinski definition) is 2. The predicted molar refractivity (Wildman–Crippen MR) is 128 cm³/mol. The fourth-order valence-electron chi connectivity index (χ4n) is 4.05. The van der Waals surface area contributed by atoms with E-state index < -0.39 is 18.0 Å². The second-order valence-electron chi connectivity index (χ2n) is 7.91. The molecular formula is C23H25ClN4O5S. The number of nitrogens with zero attached hydrogens (tertiary/aromatic N) is 3. The van der Waals surface area contributed by atoms with Gasteiger partial charge in [-0.15, -0.1) is 11.3 Å². The molecule has 11 heteroatoms. The molecule has 9 nitrogen and oxygen atoms in total. The smallest absolute Gasteiger partial charge is 0.338 e. The Kier molecular flexibility index (Phi) is 7.94. The third-order valence-corrected chi connectivity index (χ3v) is 6.77. The number of halogens is 1. The number of nitrogens with one attached hydrogen (secondary N) is 1. The first-order valence-corrected chi connectivity index (χ1v) is 12.1. The number of morpholine rings is 1. The maximum atomic E-state index is 13.0. The van der Waals surface area contributed by atoms with Crippen molar-refractivity contribution in [3.8, 4) is 0 Å². The molecule has 0 saturated carbocycles. The van der Waals surface area contributed by atoms with Gasteiger partial charge in [0.25, 0.3) is 0 Å². The van der Waals surface area contributed by atoms with Crippen molar-refractivity contribution in [1.82, 2.24) is 15.2 Å². The molecule has 2 N–H and O–H groups in total. The lowest BCUT2D eigenvalue weighted by Gasteiger charge is -2.35. The Morgan fingerprint density at radius 2 is 2.21 bits per heavy atom. The van der Waals surface area contributed by atoms with Gasteiger partial charge in [-0.1, -0.05) is 29.8 Å². The molecule has 4 rings (SSSR count). The molecule has 1 fully saturated rings. The van der Waals surface area contributed by atoms with Crippen LogP contribution in [0.2, 0.25) is 5.02 Å². The normalized spacial score (nSPS) is 21.1. The van der Waals surface area contributed by atoms with Gasteiger partial charge in [0.15, 0.2) is 10.8 Å². The molecule has 2 aromatic rings. The number of aliphatic carboxylic acids is 1. The first-order chi connectivity index (χ1) is 16.5. The fraction of sp³-hybridized carbons (Fsp3) is 0.391. The number of benzene rings is 1. The number of carboxylic acid groups (broad SMARTS) is 1. The monoisotopic (exact) mass is 504 g/mol. The molecule has 1 saturated heterocycles. The van der Waals surface area contributed by atoms with Gasteiger partial charge < -0.3 is 19.9 Å². The number of aromatic nitrogens is 1. The number of thiazole rings is 1. The lowest BCUT2D eigenvalue weighted by molar-refractivity contribution is -0.138. The number of carbonyl (C=O) groups is 2. The lowest BCUT2D eigenvalue weighted by atomic mass is 9.95. The van der Waals surface area contributed by atoms with Crippen molar-refractivity contribution < 1.29 is 24.2 Å². The summed E-state index contributed by atoms with van der Waals surface area (Å²) in [6.45, 7) is 2.08. The summed E-state index contributed by atoms with van der Waals surface area (Å²) < 4.78 is 10.9. The van der Waals surface area contributed by atoms with Crippen LogP contribution in [-0.2, 0) is 19.1 Å². The number of hydrogen-bond acceptors (Lipinski definition) is 9. The van der Waals surface area contributed by atoms with Gasteiger partial charge in [0.2, 0.25) is 0 Å². The van der Waals surface area contributed by atoms with Crippen LogP contribution in [0.15, 0.2) is 52.1 Å². The molecule has 2 atom stereocenters. The minimum Gasteiger partial charge on any atom is -0.481 e. The Hall–Kier alpha value is -2.79. The van der Waals surface area contributed by atoms with E-state index in [2.05, 4.69) is 15.2 Å². The van der Waals surface area contributed by atoms with Gasteiger partial charge in [0, 0.05) is 53.9 Å². The van der Waals surface area contributed by atoms with Crippen LogP contribution in [0.1, 0.15) is 29.5 Å². The van der Waals surface area contributed by atoms with Crippen LogP contribution in [0.5, 0.6) is 0 Å². The number of rotatable bonds is 8. The lowest BCUT2D eigenvalue weighted by Crippen LogP contribution is -2.46. The quantitative estimate of drug-likeness (QED) is 0.527. The summed E-state index contributed by atoms with van der Waals surface area (Å²) in [5.41, 5.74) is 1.72. The largest absolute Gasteiger partial charge is 0.481 e. The Bertz CT molecular complexity index is 1100. The van der Waals surface area contributed by atoms with Gasteiger partial charge in [-0.05, 0) is 12.5 Å². The number of aliphatic imine (C=N–C) groups is 1. The van der Waals surface area contributed by atoms with E-state index in [4.69, 9.17) is 31.2 Å². The van der Waals surface area contributed by atoms with Crippen molar-refractivity contribution in [1.29, 1.82) is 0 Å². The highest BCUT2D eigenvalue weighted by Gasteiger charge is 2.35. The standard InChI is InChI=1S/C23H25ClN4O5S/c1-32-23(31)19-17(13-28-9-10-33-14(12-28)6-7-18(29)30)26-21(22-25-8-11-34-22)27-20(19)15-4-2-3-5-16(15)24/h2-5,8,11,14,20H,6-7,9-10,12-13H2,1H3,(H,26,27)(H,29,30). The van der Waals surface area contributed by atoms with E-state index in [0.29, 0.717) is 65.4 Å². The SMILES string of the molecule is COC(=O)C1=C(CN2CCOC(CCC(=O)O)C2)NC(c2nccs2)=NC1c1ccccc1Cl. The molecule has 2 aliphatic heterocycles. The van der Waals surface area contributed by atoms with Crippen molar-refractivity contribution in [3.63, 3.8) is 0 Å². The third-order valence-electron chi connectivity index (χ3n) is 5.65. The number of methoxy groups -OCH3 is 1. The van der Waals surface area contributed by atoms with Crippen LogP contribution in [0, 0.1) is 0 Å². The fourth-order valence-corrected chi connectivity index (χ4v) is 4.88. The first-order valence-electron chi connectivity index (χ1n) is 10.8. The second-order valence-corrected chi connectivity index (χ2v) is 9.21. The summed E-state index contributed by atoms with van der Waals surface area (Å²) in [7, 11) is 1.34. The van der Waals surface area contributed by atoms with Crippen LogP contribution in [0.4, 0.5) is 0 Å². The summed E-state index contributed by atoms with van der Waals surface area (Å²) >= 11 is 7.95. The summed E-state index contributed by atoms with van der Waals surface area (Å²) in [6.07, 6.45) is 1.98. The molecule has 180 valence electrons. The van der Waals surface area contributed by atoms with Crippen LogP contribution in [0.25, 0.3) is 0 Å². The number of esters is 1. The van der Waals surface area contributed by atoms with E-state index >= 15 is 0 Å². The van der Waals surface area contributed by atoms with Crippen molar-refractivity contribution in [2.75, 3.05) is 33.4 Å². The van der Waals surface area contributed by atoms with Gasteiger partial charge in [0.05, 0.1) is 25.4 Å². The highest BCUT2D eigenvalue weighted by molar-refractivity contribution is 7.11. The number of carboxylic acids is 1. The molecule has 2 aliphatic rings. The predicted octanol–water partition coefficient (Wildman–Crippen LogP) is 2.88. The molecule has 0 bridgehead atoms. The van der Waals surface area contributed by atoms with Crippen molar-refractivity contribution >= 4 is 40.7 Å². The number of ether oxygens (including phenoxy) is 2. The van der Waals surface area contributed by atoms with Gasteiger partial charge in [0.1, 0.15) is 6.04 Å². The topological polar surface area (TPSA) is 113 Å². The highest BCUT2D eigenvalue weighted by Crippen LogP contribution is 2.36. The van der Waals surface area contributed by atoms with Crippen LogP contribution in [0.3, 0.4) is 0 Å². The molecule has 34 heavy (non-hydrogen) atoms. The minimum absolute atomic E-state index is 0.0439. The van der Waals surface area contributed by atoms with Crippen molar-refractivity contribution in [3.05, 3.63) is 62.7 Å². The Morgan fingerprint density at radius 1 is 1.38 bits per heavy atom. The van der Waals surface area contributed by atoms with Crippen LogP contribution < -0.4 is 5.32 Å². The van der Waals surface area contributed by atoms with E-state index in [9.17, 15) is 9.59 Å². The van der Waals surface area contributed by atoms with Gasteiger partial charge in [-0.3, -0.25) is 14.7 Å². The zero-order valence-corrected chi connectivity index (χ0v) is 20.1. The van der Waals surface area contributed by atoms with Crippen LogP contribution >= 0.6 is 22.9 Å². The Morgan fingerprint density at radius 3 is 2.91 bits per heavy atom. The number of amidine groups is 1. The molecule has 1 aromatic carbocycles. The summed E-state index contributed by atoms with van der Waals surface area (Å²) in [5, 5.41) is 15.4. The second kappa shape index (κ2) is 11.1. The van der Waals surface area contributed by atoms with Gasteiger partial charge in [-0.2, -0.15) is 0 Å². The van der Waals surface area contributed by atoms with Crippen LogP contribution in [-0.4, -0.2) is 72.2 Å². The van der Waals surface area contributed by atoms with E-state index in [-0.39, 0.29) is 12.5 Å².